The van der Waals surface area contributed by atoms with Gasteiger partial charge >= 0.3 is 0 Å². The maximum absolute atomic E-state index is 4.26. The van der Waals surface area contributed by atoms with Gasteiger partial charge in [-0.3, -0.25) is 9.80 Å². The number of hydrogen-bond acceptors (Lipinski definition) is 3. The number of rotatable bonds is 3. The van der Waals surface area contributed by atoms with Gasteiger partial charge in [-0.05, 0) is 43.5 Å². The van der Waals surface area contributed by atoms with E-state index in [2.05, 4.69) is 46.2 Å². The van der Waals surface area contributed by atoms with Gasteiger partial charge in [0.05, 0.1) is 5.52 Å². The highest BCUT2D eigenvalue weighted by molar-refractivity contribution is 5.47. The highest BCUT2D eigenvalue weighted by Crippen LogP contribution is 2.28. The summed E-state index contributed by atoms with van der Waals surface area (Å²) in [5.74, 6) is 0. The number of pyridine rings is 1. The summed E-state index contributed by atoms with van der Waals surface area (Å²) in [6.45, 7) is 7.09. The van der Waals surface area contributed by atoms with Crippen LogP contribution in [-0.2, 0) is 6.54 Å². The van der Waals surface area contributed by atoms with Gasteiger partial charge in [0.2, 0.25) is 0 Å². The van der Waals surface area contributed by atoms with E-state index in [4.69, 9.17) is 0 Å². The first kappa shape index (κ1) is 13.3. The van der Waals surface area contributed by atoms with Crippen LogP contribution in [0.1, 0.15) is 31.7 Å². The predicted octanol–water partition coefficient (Wildman–Crippen LogP) is 2.39. The van der Waals surface area contributed by atoms with Gasteiger partial charge in [-0.15, -0.1) is 0 Å². The van der Waals surface area contributed by atoms with Crippen molar-refractivity contribution in [3.8, 4) is 0 Å². The van der Waals surface area contributed by atoms with Crippen LogP contribution in [0.3, 0.4) is 0 Å². The van der Waals surface area contributed by atoms with Crippen molar-refractivity contribution in [3.05, 3.63) is 36.2 Å². The van der Waals surface area contributed by atoms with Crippen molar-refractivity contribution in [2.75, 3.05) is 19.6 Å². The average molecular weight is 284 g/mol. The molecule has 4 rings (SSSR count). The van der Waals surface area contributed by atoms with Crippen molar-refractivity contribution < 1.29 is 0 Å². The monoisotopic (exact) mass is 284 g/mol. The summed E-state index contributed by atoms with van der Waals surface area (Å²) in [5.41, 5.74) is 2.58. The largest absolute Gasteiger partial charge is 0.296 e. The van der Waals surface area contributed by atoms with Crippen LogP contribution in [0.4, 0.5) is 0 Å². The molecular formula is C17H24N4. The van der Waals surface area contributed by atoms with Crippen LogP contribution in [0, 0.1) is 0 Å². The number of aromatic nitrogens is 2. The van der Waals surface area contributed by atoms with Crippen molar-refractivity contribution in [2.45, 2.75) is 44.8 Å². The van der Waals surface area contributed by atoms with Crippen LogP contribution >= 0.6 is 0 Å². The molecule has 2 fully saturated rings. The lowest BCUT2D eigenvalue weighted by Gasteiger charge is -2.47. The smallest absolute Gasteiger partial charge is 0.0664 e. The van der Waals surface area contributed by atoms with E-state index in [0.717, 1.165) is 12.6 Å². The summed E-state index contributed by atoms with van der Waals surface area (Å²) >= 11 is 0. The standard InChI is InChI=1S/C17H24N4/c1-14-12-19(9-10-20(14)16-3-2-4-16)13-15-6-8-21-17(11-15)5-7-18-21/h5-8,11,14,16H,2-4,9-10,12-13H2,1H3. The topological polar surface area (TPSA) is 23.8 Å². The van der Waals surface area contributed by atoms with Crippen molar-refractivity contribution in [2.24, 2.45) is 0 Å². The van der Waals surface area contributed by atoms with Crippen LogP contribution in [0.15, 0.2) is 30.6 Å². The van der Waals surface area contributed by atoms with E-state index in [1.54, 1.807) is 0 Å². The highest BCUT2D eigenvalue weighted by atomic mass is 15.3. The molecule has 4 heteroatoms. The number of nitrogens with zero attached hydrogens (tertiary/aromatic N) is 4. The zero-order valence-electron chi connectivity index (χ0n) is 12.8. The van der Waals surface area contributed by atoms with Gasteiger partial charge in [0.1, 0.15) is 0 Å². The molecule has 1 unspecified atom stereocenters. The molecule has 0 aromatic carbocycles. The minimum atomic E-state index is 0.697. The summed E-state index contributed by atoms with van der Waals surface area (Å²) < 4.78 is 1.93. The van der Waals surface area contributed by atoms with E-state index >= 15 is 0 Å². The molecule has 112 valence electrons. The van der Waals surface area contributed by atoms with E-state index in [0.29, 0.717) is 6.04 Å². The lowest BCUT2D eigenvalue weighted by molar-refractivity contribution is 0.0174. The van der Waals surface area contributed by atoms with Crippen LogP contribution in [0.2, 0.25) is 0 Å². The molecular weight excluding hydrogens is 260 g/mol. The molecule has 1 aliphatic heterocycles. The Bertz CT molecular complexity index is 616. The van der Waals surface area contributed by atoms with Gasteiger partial charge in [-0.1, -0.05) is 6.42 Å². The molecule has 2 aromatic rings. The van der Waals surface area contributed by atoms with Gasteiger partial charge in [0, 0.05) is 50.7 Å². The van der Waals surface area contributed by atoms with E-state index < -0.39 is 0 Å². The molecule has 21 heavy (non-hydrogen) atoms. The van der Waals surface area contributed by atoms with Gasteiger partial charge < -0.3 is 0 Å². The molecule has 1 atom stereocenters. The molecule has 0 radical (unpaired) electrons. The normalized spacial score (nSPS) is 25.3. The predicted molar refractivity (Wildman–Crippen MR) is 84.3 cm³/mol. The fourth-order valence-electron chi connectivity index (χ4n) is 3.78. The molecule has 0 amide bonds. The fraction of sp³-hybridized carbons (Fsp3) is 0.588. The summed E-state index contributed by atoms with van der Waals surface area (Å²) in [4.78, 5) is 5.34. The first-order valence-electron chi connectivity index (χ1n) is 8.20. The number of piperazine rings is 1. The van der Waals surface area contributed by atoms with E-state index in [1.807, 2.05) is 10.7 Å². The Morgan fingerprint density at radius 1 is 1.24 bits per heavy atom. The first-order valence-corrected chi connectivity index (χ1v) is 8.20. The molecule has 0 spiro atoms. The van der Waals surface area contributed by atoms with E-state index in [1.165, 1.54) is 50.0 Å². The molecule has 2 aromatic heterocycles. The minimum absolute atomic E-state index is 0.697. The van der Waals surface area contributed by atoms with Crippen molar-refractivity contribution >= 4 is 5.52 Å². The van der Waals surface area contributed by atoms with Gasteiger partial charge in [0.15, 0.2) is 0 Å². The lowest BCUT2D eigenvalue weighted by Crippen LogP contribution is -2.56. The highest BCUT2D eigenvalue weighted by Gasteiger charge is 2.32. The minimum Gasteiger partial charge on any atom is -0.296 e. The second kappa shape index (κ2) is 5.43. The number of hydrogen-bond donors (Lipinski definition) is 0. The van der Waals surface area contributed by atoms with Gasteiger partial charge in [-0.2, -0.15) is 5.10 Å². The SMILES string of the molecule is CC1CN(Cc2ccn3nccc3c2)CCN1C1CCC1. The van der Waals surface area contributed by atoms with Crippen LogP contribution in [0.25, 0.3) is 5.52 Å². The Labute approximate surface area is 126 Å². The molecule has 2 aliphatic rings. The maximum Gasteiger partial charge on any atom is 0.0664 e. The Kier molecular flexibility index (Phi) is 3.43. The molecule has 1 saturated heterocycles. The summed E-state index contributed by atoms with van der Waals surface area (Å²) in [6.07, 6.45) is 8.20. The van der Waals surface area contributed by atoms with Gasteiger partial charge in [-0.25, -0.2) is 4.52 Å². The maximum atomic E-state index is 4.26. The van der Waals surface area contributed by atoms with Crippen LogP contribution in [0.5, 0.6) is 0 Å². The third-order valence-corrected chi connectivity index (χ3v) is 5.18. The summed E-state index contributed by atoms with van der Waals surface area (Å²) in [6, 6.07) is 8.10. The molecule has 0 bridgehead atoms. The first-order chi connectivity index (χ1) is 10.3. The third-order valence-electron chi connectivity index (χ3n) is 5.18. The Morgan fingerprint density at radius 2 is 2.14 bits per heavy atom. The van der Waals surface area contributed by atoms with E-state index in [-0.39, 0.29) is 0 Å². The van der Waals surface area contributed by atoms with Crippen LogP contribution in [-0.4, -0.2) is 51.1 Å². The Morgan fingerprint density at radius 3 is 2.90 bits per heavy atom. The Balaban J connectivity index is 1.41. The van der Waals surface area contributed by atoms with Crippen molar-refractivity contribution in [1.29, 1.82) is 0 Å². The zero-order valence-corrected chi connectivity index (χ0v) is 12.8. The lowest BCUT2D eigenvalue weighted by atomic mass is 9.89. The fourth-order valence-corrected chi connectivity index (χ4v) is 3.78. The Hall–Kier alpha value is -1.39. The number of fused-ring (bicyclic) bond motifs is 1. The second-order valence-corrected chi connectivity index (χ2v) is 6.64. The van der Waals surface area contributed by atoms with Gasteiger partial charge in [0.25, 0.3) is 0 Å². The van der Waals surface area contributed by atoms with Crippen molar-refractivity contribution in [1.82, 2.24) is 19.4 Å². The van der Waals surface area contributed by atoms with Crippen molar-refractivity contribution in [3.63, 3.8) is 0 Å². The average Bonchev–Trinajstić information content (AvgIpc) is 2.87. The quantitative estimate of drug-likeness (QED) is 0.865. The molecule has 1 saturated carbocycles. The molecule has 0 N–H and O–H groups in total. The third kappa shape index (κ3) is 2.58. The summed E-state index contributed by atoms with van der Waals surface area (Å²) in [7, 11) is 0. The second-order valence-electron chi connectivity index (χ2n) is 6.64. The molecule has 4 nitrogen and oxygen atoms in total. The summed E-state index contributed by atoms with van der Waals surface area (Å²) in [5, 5.41) is 4.26. The molecule has 1 aliphatic carbocycles. The van der Waals surface area contributed by atoms with Crippen LogP contribution < -0.4 is 0 Å². The van der Waals surface area contributed by atoms with E-state index in [9.17, 15) is 0 Å². The zero-order chi connectivity index (χ0) is 14.2. The molecule has 3 heterocycles.